The van der Waals surface area contributed by atoms with Crippen molar-refractivity contribution >= 4 is 17.7 Å². The maximum absolute atomic E-state index is 13.9. The van der Waals surface area contributed by atoms with Crippen LogP contribution in [0.5, 0.6) is 0 Å². The monoisotopic (exact) mass is 443 g/mol. The third kappa shape index (κ3) is 3.14. The molecule has 3 heterocycles. The molecule has 5 atom stereocenters. The summed E-state index contributed by atoms with van der Waals surface area (Å²) in [5.41, 5.74) is -2.55. The number of carbonyl (C=O) groups excluding carboxylic acids is 3. The Hall–Kier alpha value is -1.89. The van der Waals surface area contributed by atoms with Crippen molar-refractivity contribution in [2.24, 2.45) is 11.8 Å². The van der Waals surface area contributed by atoms with Crippen LogP contribution in [0.3, 0.4) is 0 Å². The topological polar surface area (TPSA) is 87.7 Å². The summed E-state index contributed by atoms with van der Waals surface area (Å²) < 4.78 is 6.57. The van der Waals surface area contributed by atoms with E-state index in [1.54, 1.807) is 4.90 Å². The molecule has 3 aliphatic heterocycles. The Balaban J connectivity index is 1.50. The highest BCUT2D eigenvalue weighted by Crippen LogP contribution is 2.60. The van der Waals surface area contributed by atoms with E-state index in [0.29, 0.717) is 0 Å². The van der Waals surface area contributed by atoms with Gasteiger partial charge in [0.2, 0.25) is 17.7 Å². The van der Waals surface area contributed by atoms with Gasteiger partial charge in [-0.25, -0.2) is 0 Å². The minimum absolute atomic E-state index is 0.116. The quantitative estimate of drug-likeness (QED) is 0.654. The van der Waals surface area contributed by atoms with Crippen LogP contribution in [0.4, 0.5) is 0 Å². The van der Waals surface area contributed by atoms with Gasteiger partial charge in [-0.15, -0.1) is 0 Å². The lowest BCUT2D eigenvalue weighted by Crippen LogP contribution is -2.60. The molecule has 4 fully saturated rings. The van der Waals surface area contributed by atoms with Crippen LogP contribution < -0.4 is 10.6 Å². The van der Waals surface area contributed by atoms with Crippen LogP contribution >= 0.6 is 0 Å². The van der Waals surface area contributed by atoms with Gasteiger partial charge < -0.3 is 20.3 Å². The predicted molar refractivity (Wildman–Crippen MR) is 120 cm³/mol. The number of hydrogen-bond acceptors (Lipinski definition) is 4. The second-order valence-electron chi connectivity index (χ2n) is 11.7. The Morgan fingerprint density at radius 3 is 2.03 bits per heavy atom. The van der Waals surface area contributed by atoms with Gasteiger partial charge in [-0.2, -0.15) is 0 Å². The van der Waals surface area contributed by atoms with Gasteiger partial charge in [-0.3, -0.25) is 14.4 Å². The van der Waals surface area contributed by atoms with E-state index in [9.17, 15) is 14.4 Å². The smallest absolute Gasteiger partial charge is 0.246 e. The summed E-state index contributed by atoms with van der Waals surface area (Å²) in [4.78, 5) is 42.8. The Kier molecular flexibility index (Phi) is 5.01. The van der Waals surface area contributed by atoms with Crippen molar-refractivity contribution in [1.29, 1.82) is 0 Å². The number of ether oxygens (including phenoxy) is 1. The summed E-state index contributed by atoms with van der Waals surface area (Å²) in [5, 5.41) is 6.39. The van der Waals surface area contributed by atoms with Crippen LogP contribution in [0, 0.1) is 11.8 Å². The molecule has 176 valence electrons. The lowest BCUT2D eigenvalue weighted by Gasteiger charge is -2.40. The standard InChI is InChI=1S/C25H37N3O4/c1-23(2,3)28-19(21(30)27-16-11-7-8-12-16)25-14-13-24(4,32-25)17(18(25)22(28)31)20(29)26-15-9-5-6-10-15/h13-19H,5-12H2,1-4H3,(H,26,29)(H,27,30)/t17-,18-,19+,24-,25+/m0/s1. The third-order valence-electron chi connectivity index (χ3n) is 8.35. The molecule has 0 aromatic rings. The number of nitrogens with one attached hydrogen (secondary N) is 2. The molecule has 7 nitrogen and oxygen atoms in total. The minimum Gasteiger partial charge on any atom is -0.356 e. The van der Waals surface area contributed by atoms with E-state index in [0.717, 1.165) is 51.4 Å². The maximum Gasteiger partial charge on any atom is 0.246 e. The van der Waals surface area contributed by atoms with Crippen LogP contribution in [0.1, 0.15) is 79.1 Å². The largest absolute Gasteiger partial charge is 0.356 e. The van der Waals surface area contributed by atoms with Gasteiger partial charge in [0, 0.05) is 17.6 Å². The highest BCUT2D eigenvalue weighted by atomic mass is 16.5. The van der Waals surface area contributed by atoms with Gasteiger partial charge in [-0.1, -0.05) is 37.8 Å². The van der Waals surface area contributed by atoms with Gasteiger partial charge in [0.25, 0.3) is 0 Å². The van der Waals surface area contributed by atoms with Crippen LogP contribution in [-0.2, 0) is 19.1 Å². The molecule has 32 heavy (non-hydrogen) atoms. The number of rotatable bonds is 4. The summed E-state index contributed by atoms with van der Waals surface area (Å²) in [7, 11) is 0. The number of fused-ring (bicyclic) bond motifs is 1. The number of likely N-dealkylation sites (tertiary alicyclic amines) is 1. The van der Waals surface area contributed by atoms with E-state index in [2.05, 4.69) is 10.6 Å². The first kappa shape index (κ1) is 21.9. The Labute approximate surface area is 190 Å². The van der Waals surface area contributed by atoms with Crippen LogP contribution in [-0.4, -0.2) is 57.5 Å². The van der Waals surface area contributed by atoms with Crippen molar-refractivity contribution in [1.82, 2.24) is 15.5 Å². The first-order valence-corrected chi connectivity index (χ1v) is 12.4. The van der Waals surface area contributed by atoms with Gasteiger partial charge in [0.05, 0.1) is 17.4 Å². The van der Waals surface area contributed by atoms with E-state index in [-0.39, 0.29) is 29.8 Å². The number of amides is 3. The highest BCUT2D eigenvalue weighted by Gasteiger charge is 2.77. The minimum atomic E-state index is -1.10. The molecule has 2 saturated heterocycles. The Morgan fingerprint density at radius 1 is 0.969 bits per heavy atom. The average molecular weight is 444 g/mol. The second-order valence-corrected chi connectivity index (χ2v) is 11.7. The molecular weight excluding hydrogens is 406 g/mol. The zero-order chi connectivity index (χ0) is 22.9. The van der Waals surface area contributed by atoms with Gasteiger partial charge in [0.1, 0.15) is 11.6 Å². The van der Waals surface area contributed by atoms with Crippen LogP contribution in [0.15, 0.2) is 12.2 Å². The average Bonchev–Trinajstić information content (AvgIpc) is 3.48. The molecule has 5 aliphatic rings. The molecule has 2 N–H and O–H groups in total. The summed E-state index contributed by atoms with van der Waals surface area (Å²) in [6.45, 7) is 7.73. The second kappa shape index (κ2) is 7.31. The first-order chi connectivity index (χ1) is 15.1. The fraction of sp³-hybridized carbons (Fsp3) is 0.800. The number of hydrogen-bond donors (Lipinski definition) is 2. The van der Waals surface area contributed by atoms with Crippen molar-refractivity contribution in [3.63, 3.8) is 0 Å². The molecule has 3 amide bonds. The molecule has 0 radical (unpaired) electrons. The molecule has 5 rings (SSSR count). The van der Waals surface area contributed by atoms with Gasteiger partial charge in [-0.05, 0) is 53.4 Å². The van der Waals surface area contributed by atoms with E-state index in [1.807, 2.05) is 39.8 Å². The van der Waals surface area contributed by atoms with E-state index >= 15 is 0 Å². The normalized spacial score (nSPS) is 39.2. The predicted octanol–water partition coefficient (Wildman–Crippen LogP) is 2.44. The van der Waals surface area contributed by atoms with Crippen molar-refractivity contribution in [2.45, 2.75) is 114 Å². The summed E-state index contributed by atoms with van der Waals surface area (Å²) in [6, 6.07) is -0.459. The van der Waals surface area contributed by atoms with E-state index in [4.69, 9.17) is 4.74 Å². The lowest BCUT2D eigenvalue weighted by molar-refractivity contribution is -0.150. The third-order valence-corrected chi connectivity index (χ3v) is 8.35. The first-order valence-electron chi connectivity index (χ1n) is 12.4. The van der Waals surface area contributed by atoms with Gasteiger partial charge in [0.15, 0.2) is 0 Å². The summed E-state index contributed by atoms with van der Waals surface area (Å²) in [5.74, 6) is -1.74. The van der Waals surface area contributed by atoms with Crippen molar-refractivity contribution in [2.75, 3.05) is 0 Å². The van der Waals surface area contributed by atoms with Gasteiger partial charge >= 0.3 is 0 Å². The number of carbonyl (C=O) groups is 3. The zero-order valence-electron chi connectivity index (χ0n) is 19.8. The molecule has 2 aliphatic carbocycles. The summed E-state index contributed by atoms with van der Waals surface area (Å²) in [6.07, 6.45) is 12.2. The van der Waals surface area contributed by atoms with Crippen molar-refractivity contribution in [3.8, 4) is 0 Å². The summed E-state index contributed by atoms with van der Waals surface area (Å²) >= 11 is 0. The zero-order valence-corrected chi connectivity index (χ0v) is 19.8. The number of nitrogens with zero attached hydrogens (tertiary/aromatic N) is 1. The fourth-order valence-electron chi connectivity index (χ4n) is 6.96. The molecule has 0 aromatic heterocycles. The molecule has 0 unspecified atom stereocenters. The Morgan fingerprint density at radius 2 is 1.50 bits per heavy atom. The van der Waals surface area contributed by atoms with E-state index in [1.165, 1.54) is 0 Å². The molecule has 2 saturated carbocycles. The molecule has 1 spiro atoms. The van der Waals surface area contributed by atoms with Crippen molar-refractivity contribution < 1.29 is 19.1 Å². The van der Waals surface area contributed by atoms with Crippen LogP contribution in [0.2, 0.25) is 0 Å². The molecule has 7 heteroatoms. The SMILES string of the molecule is CC(C)(C)N1C(=O)[C@@H]2[C@@H](C(=O)NC3CCCC3)[C@]3(C)C=C[C@]2(O3)[C@H]1C(=O)NC1CCCC1. The fourth-order valence-corrected chi connectivity index (χ4v) is 6.96. The molecule has 2 bridgehead atoms. The van der Waals surface area contributed by atoms with E-state index < -0.39 is 34.6 Å². The maximum atomic E-state index is 13.9. The van der Waals surface area contributed by atoms with Crippen molar-refractivity contribution in [3.05, 3.63) is 12.2 Å². The van der Waals surface area contributed by atoms with Crippen LogP contribution in [0.25, 0.3) is 0 Å². The molecular formula is C25H37N3O4. The molecule has 0 aromatic carbocycles. The lowest BCUT2D eigenvalue weighted by atomic mass is 9.70. The Bertz CT molecular complexity index is 852. The highest BCUT2D eigenvalue weighted by molar-refractivity contribution is 6.00.